The van der Waals surface area contributed by atoms with E-state index in [1.165, 1.54) is 6.26 Å². The highest BCUT2D eigenvalue weighted by atomic mass is 32.2. The van der Waals surface area contributed by atoms with Crippen molar-refractivity contribution in [2.75, 3.05) is 12.8 Å². The molecule has 2 aliphatic carbocycles. The van der Waals surface area contributed by atoms with Crippen molar-refractivity contribution in [1.82, 2.24) is 9.80 Å². The monoisotopic (exact) mass is 411 g/mol. The van der Waals surface area contributed by atoms with Gasteiger partial charge in [-0.1, -0.05) is 0 Å². The van der Waals surface area contributed by atoms with Gasteiger partial charge in [0.15, 0.2) is 0 Å². The number of hydrogen-bond acceptors (Lipinski definition) is 5. The molecule has 4 atom stereocenters. The number of amides is 2. The zero-order valence-electron chi connectivity index (χ0n) is 17.1. The Morgan fingerprint density at radius 3 is 2.14 bits per heavy atom. The first-order valence-electron chi connectivity index (χ1n) is 10.4. The van der Waals surface area contributed by atoms with Crippen LogP contribution in [0.2, 0.25) is 0 Å². The van der Waals surface area contributed by atoms with E-state index >= 15 is 0 Å². The lowest BCUT2D eigenvalue weighted by atomic mass is 9.69. The van der Waals surface area contributed by atoms with E-state index < -0.39 is 9.84 Å². The van der Waals surface area contributed by atoms with E-state index in [0.29, 0.717) is 18.4 Å². The number of piperazine rings is 1. The Hall–Kier alpha value is -1.44. The van der Waals surface area contributed by atoms with E-state index in [2.05, 4.69) is 0 Å². The second kappa shape index (κ2) is 8.13. The van der Waals surface area contributed by atoms with Gasteiger partial charge in [-0.2, -0.15) is 0 Å². The minimum atomic E-state index is -2.97. The highest BCUT2D eigenvalue weighted by Gasteiger charge is 2.47. The highest BCUT2D eigenvalue weighted by Crippen LogP contribution is 2.43. The predicted octanol–water partition coefficient (Wildman–Crippen LogP) is 1.86. The summed E-state index contributed by atoms with van der Waals surface area (Å²) >= 11 is 0. The number of nitrogens with zero attached hydrogens (tertiary/aromatic N) is 2. The smallest absolute Gasteiger partial charge is 0.264 e. The number of sulfone groups is 1. The van der Waals surface area contributed by atoms with E-state index in [0.717, 1.165) is 51.2 Å². The van der Waals surface area contributed by atoms with Crippen LogP contribution in [0.3, 0.4) is 0 Å². The zero-order valence-corrected chi connectivity index (χ0v) is 18.0. The Labute approximate surface area is 168 Å². The summed E-state index contributed by atoms with van der Waals surface area (Å²) < 4.78 is 23.7. The Kier molecular flexibility index (Phi) is 6.17. The molecule has 0 aromatic heterocycles. The van der Waals surface area contributed by atoms with Crippen molar-refractivity contribution < 1.29 is 18.0 Å². The van der Waals surface area contributed by atoms with Gasteiger partial charge in [-0.25, -0.2) is 8.42 Å². The maximum atomic E-state index is 12.4. The fourth-order valence-corrected chi connectivity index (χ4v) is 7.08. The maximum absolute atomic E-state index is 12.4. The molecule has 1 aliphatic heterocycles. The Morgan fingerprint density at radius 2 is 1.61 bits per heavy atom. The van der Waals surface area contributed by atoms with Crippen molar-refractivity contribution in [2.45, 2.75) is 82.2 Å². The van der Waals surface area contributed by atoms with E-state index in [1.54, 1.807) is 11.8 Å². The van der Waals surface area contributed by atoms with Gasteiger partial charge >= 0.3 is 0 Å². The lowest BCUT2D eigenvalue weighted by Crippen LogP contribution is -2.67. The lowest BCUT2D eigenvalue weighted by Gasteiger charge is -2.54. The third-order valence-electron chi connectivity index (χ3n) is 7.28. The normalized spacial score (nSPS) is 36.5. The largest absolute Gasteiger partial charge is 0.333 e. The molecule has 2 amide bonds. The molecule has 3 fully saturated rings. The summed E-state index contributed by atoms with van der Waals surface area (Å²) in [5, 5.41) is 7.22. The molecule has 8 heteroatoms. The average Bonchev–Trinajstić information content (AvgIpc) is 2.65. The maximum Gasteiger partial charge on any atom is 0.264 e. The molecular weight excluding hydrogens is 378 g/mol. The number of carbonyl (C=O) groups excluding carboxylic acids is 2. The van der Waals surface area contributed by atoms with Crippen LogP contribution in [-0.4, -0.2) is 72.4 Å². The highest BCUT2D eigenvalue weighted by molar-refractivity contribution is 7.91. The van der Waals surface area contributed by atoms with Gasteiger partial charge in [0.05, 0.1) is 23.5 Å². The molecular formula is C20H33N3O4S. The Balaban J connectivity index is 1.74. The molecule has 3 rings (SSSR count). The third-order valence-corrected chi connectivity index (χ3v) is 8.96. The number of carbonyl (C=O) groups is 2. The topological polar surface area (TPSA) is 98.6 Å². The van der Waals surface area contributed by atoms with Crippen LogP contribution in [0, 0.1) is 17.2 Å². The van der Waals surface area contributed by atoms with Gasteiger partial charge in [-0.3, -0.25) is 9.59 Å². The van der Waals surface area contributed by atoms with Crippen molar-refractivity contribution in [3.8, 4) is 0 Å². The standard InChI is InChI=1S/C20H33N3O4S/c1-13-12-22(20(25)11-21)19-10-16(6-9-18(19)23(13)14(2)24)15-4-7-17(8-5-15)28(3,26)27/h11,13,15-19,21H,4-10,12H2,1-3H3/t13-,15?,16?,17?,18?,19?/m0/s1. The van der Waals surface area contributed by atoms with Gasteiger partial charge in [0, 0.05) is 25.8 Å². The van der Waals surface area contributed by atoms with E-state index in [-0.39, 0.29) is 35.2 Å². The molecule has 2 saturated carbocycles. The first-order chi connectivity index (χ1) is 13.1. The molecule has 158 valence electrons. The first-order valence-corrected chi connectivity index (χ1v) is 12.4. The molecule has 1 heterocycles. The van der Waals surface area contributed by atoms with Crippen LogP contribution >= 0.6 is 0 Å². The van der Waals surface area contributed by atoms with Gasteiger partial charge < -0.3 is 15.2 Å². The predicted molar refractivity (Wildman–Crippen MR) is 108 cm³/mol. The second-order valence-corrected chi connectivity index (χ2v) is 11.3. The molecule has 0 bridgehead atoms. The summed E-state index contributed by atoms with van der Waals surface area (Å²) in [6.07, 6.45) is 8.25. The SMILES string of the molecule is CC(=O)N1C2CCC(C3CCC(S(C)(=O)=O)CC3)CC2N(C(=O)C=N)C[C@@H]1C. The molecule has 3 unspecified atom stereocenters. The zero-order chi connectivity index (χ0) is 20.6. The molecule has 7 nitrogen and oxygen atoms in total. The van der Waals surface area contributed by atoms with Gasteiger partial charge in [-0.05, 0) is 63.7 Å². The van der Waals surface area contributed by atoms with Gasteiger partial charge in [0.25, 0.3) is 5.91 Å². The first kappa shape index (κ1) is 21.3. The molecule has 28 heavy (non-hydrogen) atoms. The fraction of sp³-hybridized carbons (Fsp3) is 0.850. The van der Waals surface area contributed by atoms with Gasteiger partial charge in [-0.15, -0.1) is 0 Å². The van der Waals surface area contributed by atoms with Crippen molar-refractivity contribution in [2.24, 2.45) is 11.8 Å². The number of rotatable bonds is 3. The molecule has 1 saturated heterocycles. The van der Waals surface area contributed by atoms with Crippen LogP contribution in [0.1, 0.15) is 58.8 Å². The molecule has 0 radical (unpaired) electrons. The number of nitrogens with one attached hydrogen (secondary N) is 1. The van der Waals surface area contributed by atoms with Gasteiger partial charge in [0.2, 0.25) is 5.91 Å². The van der Waals surface area contributed by atoms with Crippen LogP contribution in [0.15, 0.2) is 0 Å². The molecule has 3 aliphatic rings. The molecule has 1 N–H and O–H groups in total. The summed E-state index contributed by atoms with van der Waals surface area (Å²) in [5.41, 5.74) is 0. The number of fused-ring (bicyclic) bond motifs is 1. The van der Waals surface area contributed by atoms with E-state index in [9.17, 15) is 18.0 Å². The third kappa shape index (κ3) is 4.11. The van der Waals surface area contributed by atoms with E-state index in [1.807, 2.05) is 11.8 Å². The summed E-state index contributed by atoms with van der Waals surface area (Å²) in [7, 11) is -2.97. The molecule has 0 aromatic rings. The summed E-state index contributed by atoms with van der Waals surface area (Å²) in [4.78, 5) is 28.4. The van der Waals surface area contributed by atoms with Crippen LogP contribution < -0.4 is 0 Å². The average molecular weight is 412 g/mol. The van der Waals surface area contributed by atoms with E-state index in [4.69, 9.17) is 5.41 Å². The van der Waals surface area contributed by atoms with Crippen molar-refractivity contribution in [1.29, 1.82) is 5.41 Å². The minimum absolute atomic E-state index is 0.0220. The van der Waals surface area contributed by atoms with Crippen molar-refractivity contribution in [3.63, 3.8) is 0 Å². The Morgan fingerprint density at radius 1 is 1.00 bits per heavy atom. The van der Waals surface area contributed by atoms with Crippen molar-refractivity contribution >= 4 is 27.9 Å². The lowest BCUT2D eigenvalue weighted by molar-refractivity contribution is -0.150. The summed E-state index contributed by atoms with van der Waals surface area (Å²) in [5.74, 6) is 0.717. The Bertz CT molecular complexity index is 730. The fourth-order valence-electron chi connectivity index (χ4n) is 5.95. The summed E-state index contributed by atoms with van der Waals surface area (Å²) in [6, 6.07) is -0.0567. The summed E-state index contributed by atoms with van der Waals surface area (Å²) in [6.45, 7) is 4.04. The quantitative estimate of drug-likeness (QED) is 0.717. The molecule has 0 aromatic carbocycles. The van der Waals surface area contributed by atoms with Crippen LogP contribution in [0.5, 0.6) is 0 Å². The van der Waals surface area contributed by atoms with Crippen LogP contribution in [0.25, 0.3) is 0 Å². The van der Waals surface area contributed by atoms with Crippen LogP contribution in [-0.2, 0) is 19.4 Å². The van der Waals surface area contributed by atoms with Crippen molar-refractivity contribution in [3.05, 3.63) is 0 Å². The van der Waals surface area contributed by atoms with Gasteiger partial charge in [0.1, 0.15) is 9.84 Å². The van der Waals surface area contributed by atoms with Crippen LogP contribution in [0.4, 0.5) is 0 Å². The molecule has 0 spiro atoms. The second-order valence-electron chi connectivity index (χ2n) is 8.98. The number of hydrogen-bond donors (Lipinski definition) is 1. The minimum Gasteiger partial charge on any atom is -0.333 e.